The van der Waals surface area contributed by atoms with E-state index in [1.807, 2.05) is 26.0 Å². The highest BCUT2D eigenvalue weighted by Crippen LogP contribution is 2.27. The molecular formula is C25H25N3O6S. The van der Waals surface area contributed by atoms with Crippen molar-refractivity contribution in [3.8, 4) is 0 Å². The van der Waals surface area contributed by atoms with Crippen LogP contribution in [0.5, 0.6) is 0 Å². The predicted molar refractivity (Wildman–Crippen MR) is 133 cm³/mol. The first-order valence-electron chi connectivity index (χ1n) is 10.7. The normalized spacial score (nSPS) is 11.1. The molecule has 0 aromatic heterocycles. The van der Waals surface area contributed by atoms with E-state index in [9.17, 15) is 28.1 Å². The second kappa shape index (κ2) is 10.5. The Morgan fingerprint density at radius 1 is 0.914 bits per heavy atom. The number of hydrogen-bond donors (Lipinski definition) is 2. The van der Waals surface area contributed by atoms with E-state index in [-0.39, 0.29) is 46.3 Å². The number of sulfone groups is 1. The Bertz CT molecular complexity index is 1420. The summed E-state index contributed by atoms with van der Waals surface area (Å²) in [6, 6.07) is 15.7. The van der Waals surface area contributed by atoms with Crippen LogP contribution >= 0.6 is 0 Å². The minimum Gasteiger partial charge on any atom is -0.378 e. The lowest BCUT2D eigenvalue weighted by molar-refractivity contribution is -0.384. The number of rotatable bonds is 9. The molecule has 0 saturated heterocycles. The Kier molecular flexibility index (Phi) is 7.65. The summed E-state index contributed by atoms with van der Waals surface area (Å²) < 4.78 is 23.4. The van der Waals surface area contributed by atoms with Gasteiger partial charge in [-0.05, 0) is 43.7 Å². The molecule has 0 spiro atoms. The van der Waals surface area contributed by atoms with E-state index in [0.717, 1.165) is 23.4 Å². The first-order chi connectivity index (χ1) is 16.5. The monoisotopic (exact) mass is 495 g/mol. The van der Waals surface area contributed by atoms with E-state index in [1.165, 1.54) is 12.1 Å². The number of anilines is 1. The zero-order valence-electron chi connectivity index (χ0n) is 19.5. The third kappa shape index (κ3) is 6.10. The predicted octanol–water partition coefficient (Wildman–Crippen LogP) is 3.69. The number of nitrogens with zero attached hydrogens (tertiary/aromatic N) is 1. The van der Waals surface area contributed by atoms with Gasteiger partial charge in [-0.2, -0.15) is 0 Å². The molecule has 182 valence electrons. The molecule has 3 rings (SSSR count). The van der Waals surface area contributed by atoms with Crippen molar-refractivity contribution >= 4 is 32.9 Å². The molecule has 3 aromatic rings. The first-order valence-corrected chi connectivity index (χ1v) is 12.6. The van der Waals surface area contributed by atoms with Crippen molar-refractivity contribution in [2.75, 3.05) is 24.7 Å². The largest absolute Gasteiger partial charge is 0.378 e. The number of nitro benzene ring substituents is 1. The molecule has 0 aliphatic rings. The van der Waals surface area contributed by atoms with Crippen LogP contribution in [-0.4, -0.2) is 44.4 Å². The Hall–Kier alpha value is -4.05. The summed E-state index contributed by atoms with van der Waals surface area (Å²) in [5, 5.41) is 16.9. The van der Waals surface area contributed by atoms with Crippen molar-refractivity contribution in [3.63, 3.8) is 0 Å². The van der Waals surface area contributed by atoms with Crippen molar-refractivity contribution in [2.24, 2.45) is 0 Å². The molecule has 0 radical (unpaired) electrons. The highest BCUT2D eigenvalue weighted by Gasteiger charge is 2.20. The van der Waals surface area contributed by atoms with Gasteiger partial charge in [-0.25, -0.2) is 8.42 Å². The number of amides is 1. The minimum atomic E-state index is -3.60. The van der Waals surface area contributed by atoms with Gasteiger partial charge in [0.2, 0.25) is 0 Å². The molecule has 2 N–H and O–H groups in total. The van der Waals surface area contributed by atoms with Crippen LogP contribution in [0.4, 0.5) is 11.4 Å². The Labute approximate surface area is 203 Å². The minimum absolute atomic E-state index is 0.107. The number of nitro groups is 1. The van der Waals surface area contributed by atoms with Gasteiger partial charge in [-0.3, -0.25) is 19.7 Å². The van der Waals surface area contributed by atoms with Crippen molar-refractivity contribution in [3.05, 3.63) is 98.6 Å². The van der Waals surface area contributed by atoms with E-state index in [1.54, 1.807) is 30.3 Å². The van der Waals surface area contributed by atoms with Gasteiger partial charge in [0.25, 0.3) is 11.6 Å². The molecule has 9 nitrogen and oxygen atoms in total. The molecular weight excluding hydrogens is 470 g/mol. The van der Waals surface area contributed by atoms with E-state index in [4.69, 9.17) is 0 Å². The number of carbonyl (C=O) groups is 2. The Morgan fingerprint density at radius 3 is 2.26 bits per heavy atom. The molecule has 0 unspecified atom stereocenters. The number of carbonyl (C=O) groups excluding carboxylic acids is 2. The maximum Gasteiger partial charge on any atom is 0.293 e. The number of aryl methyl sites for hydroxylation is 2. The molecule has 0 heterocycles. The molecule has 0 bridgehead atoms. The SMILES string of the molecule is Cc1ccc(C)c(C(=O)c2ccccc2C(=O)NCCNc2ccc(S(C)(=O)=O)cc2[N+](=O)[O-])c1. The fourth-order valence-corrected chi connectivity index (χ4v) is 4.16. The highest BCUT2D eigenvalue weighted by molar-refractivity contribution is 7.90. The lowest BCUT2D eigenvalue weighted by Crippen LogP contribution is -2.30. The first kappa shape index (κ1) is 25.6. The number of ketones is 1. The second-order valence-corrected chi connectivity index (χ2v) is 10.1. The van der Waals surface area contributed by atoms with Crippen molar-refractivity contribution < 1.29 is 22.9 Å². The van der Waals surface area contributed by atoms with E-state index in [2.05, 4.69) is 10.6 Å². The third-order valence-electron chi connectivity index (χ3n) is 5.37. The van der Waals surface area contributed by atoms with Gasteiger partial charge in [0.1, 0.15) is 5.69 Å². The average Bonchev–Trinajstić information content (AvgIpc) is 2.82. The van der Waals surface area contributed by atoms with Crippen LogP contribution in [0.2, 0.25) is 0 Å². The van der Waals surface area contributed by atoms with Crippen LogP contribution < -0.4 is 10.6 Å². The van der Waals surface area contributed by atoms with Gasteiger partial charge in [-0.1, -0.05) is 35.9 Å². The van der Waals surface area contributed by atoms with E-state index >= 15 is 0 Å². The average molecular weight is 496 g/mol. The molecule has 0 atom stereocenters. The third-order valence-corrected chi connectivity index (χ3v) is 6.48. The molecule has 1 amide bonds. The topological polar surface area (TPSA) is 135 Å². The number of nitrogens with one attached hydrogen (secondary N) is 2. The molecule has 35 heavy (non-hydrogen) atoms. The molecule has 0 fully saturated rings. The summed E-state index contributed by atoms with van der Waals surface area (Å²) in [4.78, 5) is 36.5. The highest BCUT2D eigenvalue weighted by atomic mass is 32.2. The van der Waals surface area contributed by atoms with Crippen LogP contribution in [0.1, 0.15) is 37.4 Å². The lowest BCUT2D eigenvalue weighted by atomic mass is 9.94. The zero-order valence-corrected chi connectivity index (χ0v) is 20.3. The van der Waals surface area contributed by atoms with E-state index < -0.39 is 20.7 Å². The molecule has 0 saturated carbocycles. The summed E-state index contributed by atoms with van der Waals surface area (Å²) >= 11 is 0. The zero-order chi connectivity index (χ0) is 25.8. The van der Waals surface area contributed by atoms with E-state index in [0.29, 0.717) is 5.56 Å². The summed E-state index contributed by atoms with van der Waals surface area (Å²) in [5.41, 5.74) is 2.51. The van der Waals surface area contributed by atoms with Crippen molar-refractivity contribution in [2.45, 2.75) is 18.7 Å². The lowest BCUT2D eigenvalue weighted by Gasteiger charge is -2.12. The molecule has 3 aromatic carbocycles. The summed E-state index contributed by atoms with van der Waals surface area (Å²) in [6.07, 6.45) is 0.970. The Morgan fingerprint density at radius 2 is 1.60 bits per heavy atom. The van der Waals surface area contributed by atoms with Crippen molar-refractivity contribution in [1.82, 2.24) is 5.32 Å². The van der Waals surface area contributed by atoms with Crippen LogP contribution in [0.3, 0.4) is 0 Å². The van der Waals surface area contributed by atoms with Crippen LogP contribution in [-0.2, 0) is 9.84 Å². The summed E-state index contributed by atoms with van der Waals surface area (Å²) in [7, 11) is -3.60. The molecule has 0 aliphatic carbocycles. The summed E-state index contributed by atoms with van der Waals surface area (Å²) in [5.74, 6) is -0.709. The standard InChI is InChI=1S/C25H25N3O6S/c1-16-8-9-17(2)21(14-16)24(29)19-6-4-5-7-20(19)25(30)27-13-12-26-22-11-10-18(35(3,33)34)15-23(22)28(31)32/h4-11,14-15,26H,12-13H2,1-3H3,(H,27,30). The van der Waals surface area contributed by atoms with Gasteiger partial charge >= 0.3 is 0 Å². The van der Waals surface area contributed by atoms with Gasteiger partial charge in [-0.15, -0.1) is 0 Å². The Balaban J connectivity index is 1.70. The molecule has 0 aliphatic heterocycles. The van der Waals surface area contributed by atoms with Gasteiger partial charge in [0.05, 0.1) is 15.4 Å². The van der Waals surface area contributed by atoms with Gasteiger partial charge in [0, 0.05) is 36.5 Å². The second-order valence-electron chi connectivity index (χ2n) is 8.08. The van der Waals surface area contributed by atoms with Gasteiger partial charge < -0.3 is 10.6 Å². The fourth-order valence-electron chi connectivity index (χ4n) is 3.52. The van der Waals surface area contributed by atoms with Crippen LogP contribution in [0.25, 0.3) is 0 Å². The maximum absolute atomic E-state index is 13.2. The number of hydrogen-bond acceptors (Lipinski definition) is 7. The molecule has 10 heteroatoms. The van der Waals surface area contributed by atoms with Crippen LogP contribution in [0, 0.1) is 24.0 Å². The van der Waals surface area contributed by atoms with Gasteiger partial charge in [0.15, 0.2) is 15.6 Å². The smallest absolute Gasteiger partial charge is 0.293 e. The maximum atomic E-state index is 13.2. The summed E-state index contributed by atoms with van der Waals surface area (Å²) in [6.45, 7) is 3.97. The quantitative estimate of drug-likeness (QED) is 0.200. The van der Waals surface area contributed by atoms with Crippen LogP contribution in [0.15, 0.2) is 65.6 Å². The number of benzene rings is 3. The van der Waals surface area contributed by atoms with Crippen molar-refractivity contribution in [1.29, 1.82) is 0 Å². The fraction of sp³-hybridized carbons (Fsp3) is 0.200.